The predicted molar refractivity (Wildman–Crippen MR) is 72.5 cm³/mol. The first kappa shape index (κ1) is 12.6. The van der Waals surface area contributed by atoms with Gasteiger partial charge >= 0.3 is 0 Å². The van der Waals surface area contributed by atoms with Crippen LogP contribution in [-0.2, 0) is 6.54 Å². The average molecular weight is 242 g/mol. The van der Waals surface area contributed by atoms with Gasteiger partial charge in [-0.25, -0.2) is 0 Å². The summed E-state index contributed by atoms with van der Waals surface area (Å²) in [5, 5.41) is 0. The number of likely N-dealkylation sites (N-methyl/N-ethyl adjacent to an activating group) is 1. The minimum absolute atomic E-state index is 0.700. The Kier molecular flexibility index (Phi) is 4.73. The Morgan fingerprint density at radius 3 is 2.50 bits per heavy atom. The maximum absolute atomic E-state index is 5.66. The summed E-state index contributed by atoms with van der Waals surface area (Å²) in [7, 11) is 2.09. The summed E-state index contributed by atoms with van der Waals surface area (Å²) in [5.41, 5.74) is 1.27. The zero-order valence-electron chi connectivity index (χ0n) is 10.6. The fraction of sp³-hybridized carbons (Fsp3) is 0.267. The normalized spacial score (nSPS) is 10.6. The zero-order valence-corrected chi connectivity index (χ0v) is 10.6. The highest BCUT2D eigenvalue weighted by Crippen LogP contribution is 2.08. The van der Waals surface area contributed by atoms with Crippen LogP contribution in [0.2, 0.25) is 0 Å². The molecule has 0 radical (unpaired) electrons. The molecular weight excluding hydrogens is 224 g/mol. The molecule has 0 saturated heterocycles. The van der Waals surface area contributed by atoms with Gasteiger partial charge in [-0.2, -0.15) is 0 Å². The van der Waals surface area contributed by atoms with Crippen LogP contribution in [0.15, 0.2) is 54.9 Å². The Balaban J connectivity index is 1.71. The second-order valence-electron chi connectivity index (χ2n) is 4.25. The number of pyridine rings is 1. The first-order valence-corrected chi connectivity index (χ1v) is 6.10. The summed E-state index contributed by atoms with van der Waals surface area (Å²) < 4.78 is 5.66. The molecule has 0 atom stereocenters. The SMILES string of the molecule is CN(CCOc1ccccc1)Cc1ccncc1. The number of hydrogen-bond acceptors (Lipinski definition) is 3. The van der Waals surface area contributed by atoms with Gasteiger partial charge < -0.3 is 4.74 Å². The van der Waals surface area contributed by atoms with Gasteiger partial charge in [-0.05, 0) is 36.9 Å². The molecule has 3 heteroatoms. The Hall–Kier alpha value is -1.87. The lowest BCUT2D eigenvalue weighted by Gasteiger charge is -2.16. The highest BCUT2D eigenvalue weighted by molar-refractivity contribution is 5.20. The molecule has 0 aliphatic rings. The van der Waals surface area contributed by atoms with Crippen LogP contribution in [-0.4, -0.2) is 30.1 Å². The first-order chi connectivity index (χ1) is 8.84. The molecule has 2 rings (SSSR count). The van der Waals surface area contributed by atoms with Crippen molar-refractivity contribution in [3.8, 4) is 5.75 Å². The summed E-state index contributed by atoms with van der Waals surface area (Å²) in [4.78, 5) is 6.25. The Labute approximate surface area is 108 Å². The fourth-order valence-electron chi connectivity index (χ4n) is 1.71. The average Bonchev–Trinajstić information content (AvgIpc) is 2.41. The molecule has 0 fully saturated rings. The lowest BCUT2D eigenvalue weighted by atomic mass is 10.2. The van der Waals surface area contributed by atoms with Gasteiger partial charge in [0.25, 0.3) is 0 Å². The van der Waals surface area contributed by atoms with Gasteiger partial charge in [-0.15, -0.1) is 0 Å². The maximum atomic E-state index is 5.66. The molecule has 0 saturated carbocycles. The lowest BCUT2D eigenvalue weighted by molar-refractivity contribution is 0.233. The van der Waals surface area contributed by atoms with Crippen LogP contribution in [0.3, 0.4) is 0 Å². The quantitative estimate of drug-likeness (QED) is 0.778. The highest BCUT2D eigenvalue weighted by Gasteiger charge is 2.00. The molecule has 3 nitrogen and oxygen atoms in total. The third-order valence-electron chi connectivity index (χ3n) is 2.69. The Morgan fingerprint density at radius 2 is 1.78 bits per heavy atom. The zero-order chi connectivity index (χ0) is 12.6. The summed E-state index contributed by atoms with van der Waals surface area (Å²) in [6, 6.07) is 14.0. The van der Waals surface area contributed by atoms with E-state index in [4.69, 9.17) is 4.74 Å². The Morgan fingerprint density at radius 1 is 1.06 bits per heavy atom. The standard InChI is InChI=1S/C15H18N2O/c1-17(13-14-7-9-16-10-8-14)11-12-18-15-5-3-2-4-6-15/h2-10H,11-13H2,1H3. The van der Waals surface area contributed by atoms with E-state index in [1.165, 1.54) is 5.56 Å². The molecule has 0 N–H and O–H groups in total. The molecule has 1 heterocycles. The summed E-state index contributed by atoms with van der Waals surface area (Å²) in [5.74, 6) is 0.926. The smallest absolute Gasteiger partial charge is 0.119 e. The minimum atomic E-state index is 0.700. The molecular formula is C15H18N2O. The second kappa shape index (κ2) is 6.77. The summed E-state index contributed by atoms with van der Waals surface area (Å²) >= 11 is 0. The third kappa shape index (κ3) is 4.18. The minimum Gasteiger partial charge on any atom is -0.492 e. The van der Waals surface area contributed by atoms with Crippen LogP contribution < -0.4 is 4.74 Å². The van der Waals surface area contributed by atoms with Crippen LogP contribution in [0, 0.1) is 0 Å². The van der Waals surface area contributed by atoms with Crippen LogP contribution in [0.4, 0.5) is 0 Å². The van der Waals surface area contributed by atoms with Crippen molar-refractivity contribution in [3.63, 3.8) is 0 Å². The second-order valence-corrected chi connectivity index (χ2v) is 4.25. The number of nitrogens with zero attached hydrogens (tertiary/aromatic N) is 2. The number of rotatable bonds is 6. The van der Waals surface area contributed by atoms with E-state index in [1.54, 1.807) is 0 Å². The van der Waals surface area contributed by atoms with E-state index in [0.717, 1.165) is 18.8 Å². The number of benzene rings is 1. The molecule has 18 heavy (non-hydrogen) atoms. The van der Waals surface area contributed by atoms with Crippen molar-refractivity contribution in [2.24, 2.45) is 0 Å². The number of hydrogen-bond donors (Lipinski definition) is 0. The lowest BCUT2D eigenvalue weighted by Crippen LogP contribution is -2.23. The molecule has 2 aromatic rings. The van der Waals surface area contributed by atoms with Gasteiger partial charge in [-0.3, -0.25) is 9.88 Å². The first-order valence-electron chi connectivity index (χ1n) is 6.10. The van der Waals surface area contributed by atoms with E-state index in [-0.39, 0.29) is 0 Å². The van der Waals surface area contributed by atoms with E-state index in [9.17, 15) is 0 Å². The number of ether oxygens (including phenoxy) is 1. The molecule has 0 amide bonds. The van der Waals surface area contributed by atoms with Crippen molar-refractivity contribution in [2.45, 2.75) is 6.54 Å². The molecule has 1 aromatic heterocycles. The maximum Gasteiger partial charge on any atom is 0.119 e. The van der Waals surface area contributed by atoms with Gasteiger partial charge in [0, 0.05) is 25.5 Å². The van der Waals surface area contributed by atoms with E-state index < -0.39 is 0 Å². The predicted octanol–water partition coefficient (Wildman–Crippen LogP) is 2.59. The fourth-order valence-corrected chi connectivity index (χ4v) is 1.71. The van der Waals surface area contributed by atoms with Gasteiger partial charge in [0.15, 0.2) is 0 Å². The molecule has 94 valence electrons. The molecule has 0 spiro atoms. The summed E-state index contributed by atoms with van der Waals surface area (Å²) in [6.07, 6.45) is 3.65. The molecule has 1 aromatic carbocycles. The van der Waals surface area contributed by atoms with Crippen LogP contribution in [0.1, 0.15) is 5.56 Å². The number of para-hydroxylation sites is 1. The van der Waals surface area contributed by atoms with Crippen LogP contribution >= 0.6 is 0 Å². The van der Waals surface area contributed by atoms with Crippen molar-refractivity contribution < 1.29 is 4.74 Å². The van der Waals surface area contributed by atoms with Gasteiger partial charge in [0.05, 0.1) is 0 Å². The van der Waals surface area contributed by atoms with E-state index in [0.29, 0.717) is 6.61 Å². The van der Waals surface area contributed by atoms with E-state index in [2.05, 4.69) is 16.9 Å². The Bertz CT molecular complexity index is 445. The van der Waals surface area contributed by atoms with Crippen LogP contribution in [0.5, 0.6) is 5.75 Å². The molecule has 0 unspecified atom stereocenters. The van der Waals surface area contributed by atoms with Gasteiger partial charge in [0.2, 0.25) is 0 Å². The van der Waals surface area contributed by atoms with Gasteiger partial charge in [0.1, 0.15) is 12.4 Å². The van der Waals surface area contributed by atoms with Crippen molar-refractivity contribution in [1.82, 2.24) is 9.88 Å². The summed E-state index contributed by atoms with van der Waals surface area (Å²) in [6.45, 7) is 2.52. The van der Waals surface area contributed by atoms with E-state index in [1.807, 2.05) is 54.9 Å². The highest BCUT2D eigenvalue weighted by atomic mass is 16.5. The van der Waals surface area contributed by atoms with Crippen molar-refractivity contribution >= 4 is 0 Å². The monoisotopic (exact) mass is 242 g/mol. The van der Waals surface area contributed by atoms with Crippen molar-refractivity contribution in [2.75, 3.05) is 20.2 Å². The van der Waals surface area contributed by atoms with Crippen molar-refractivity contribution in [1.29, 1.82) is 0 Å². The molecule has 0 aliphatic heterocycles. The number of aromatic nitrogens is 1. The topological polar surface area (TPSA) is 25.4 Å². The largest absolute Gasteiger partial charge is 0.492 e. The van der Waals surface area contributed by atoms with E-state index >= 15 is 0 Å². The van der Waals surface area contributed by atoms with Crippen LogP contribution in [0.25, 0.3) is 0 Å². The third-order valence-corrected chi connectivity index (χ3v) is 2.69. The molecule has 0 aliphatic carbocycles. The van der Waals surface area contributed by atoms with Gasteiger partial charge in [-0.1, -0.05) is 18.2 Å². The molecule has 0 bridgehead atoms. The van der Waals surface area contributed by atoms with Crippen molar-refractivity contribution in [3.05, 3.63) is 60.4 Å².